The maximum atomic E-state index is 5.96. The van der Waals surface area contributed by atoms with E-state index in [0.29, 0.717) is 0 Å². The number of unbranched alkanes of at least 4 members (excludes halogenated alkanes) is 3. The number of pyridine rings is 1. The minimum atomic E-state index is 0.809. The van der Waals surface area contributed by atoms with Gasteiger partial charge >= 0.3 is 0 Å². The third-order valence-corrected chi connectivity index (χ3v) is 3.20. The first-order valence-corrected chi connectivity index (χ1v) is 6.69. The number of hydrogen-bond donors (Lipinski definition) is 2. The lowest BCUT2D eigenvalue weighted by Crippen LogP contribution is -2.02. The van der Waals surface area contributed by atoms with Crippen molar-refractivity contribution in [2.24, 2.45) is 0 Å². The number of nitrogens with zero attached hydrogens (tertiary/aromatic N) is 1. The van der Waals surface area contributed by atoms with Crippen LogP contribution >= 0.6 is 0 Å². The van der Waals surface area contributed by atoms with Crippen molar-refractivity contribution in [1.82, 2.24) is 4.98 Å². The molecule has 0 radical (unpaired) electrons. The lowest BCUT2D eigenvalue weighted by atomic mass is 10.1. The molecule has 3 nitrogen and oxygen atoms in total. The lowest BCUT2D eigenvalue weighted by molar-refractivity contribution is 0.685. The van der Waals surface area contributed by atoms with Gasteiger partial charge < -0.3 is 11.1 Å². The SMILES string of the molecule is CCCCCCNc1ccc(N)c2ccncc12. The molecule has 1 heterocycles. The minimum absolute atomic E-state index is 0.809. The van der Waals surface area contributed by atoms with E-state index >= 15 is 0 Å². The third-order valence-electron chi connectivity index (χ3n) is 3.20. The topological polar surface area (TPSA) is 50.9 Å². The van der Waals surface area contributed by atoms with Gasteiger partial charge in [0.2, 0.25) is 0 Å². The van der Waals surface area contributed by atoms with E-state index in [1.807, 2.05) is 24.4 Å². The standard InChI is InChI=1S/C15H21N3/c1-2-3-4-5-9-18-15-7-6-14(16)12-8-10-17-11-13(12)15/h6-8,10-11,18H,2-5,9,16H2,1H3. The zero-order valence-electron chi connectivity index (χ0n) is 10.9. The van der Waals surface area contributed by atoms with Gasteiger partial charge in [0.25, 0.3) is 0 Å². The summed E-state index contributed by atoms with van der Waals surface area (Å²) in [6.07, 6.45) is 8.73. The van der Waals surface area contributed by atoms with E-state index in [9.17, 15) is 0 Å². The summed E-state index contributed by atoms with van der Waals surface area (Å²) in [7, 11) is 0. The molecule has 0 aliphatic carbocycles. The molecule has 0 fully saturated rings. The second-order valence-electron chi connectivity index (χ2n) is 4.61. The normalized spacial score (nSPS) is 10.7. The number of anilines is 2. The van der Waals surface area contributed by atoms with Gasteiger partial charge in [-0.1, -0.05) is 26.2 Å². The van der Waals surface area contributed by atoms with Crippen LogP contribution in [0.25, 0.3) is 10.8 Å². The van der Waals surface area contributed by atoms with E-state index < -0.39 is 0 Å². The molecule has 0 aliphatic heterocycles. The Morgan fingerprint density at radius 2 is 2.00 bits per heavy atom. The first-order chi connectivity index (χ1) is 8.83. The van der Waals surface area contributed by atoms with Crippen molar-refractivity contribution < 1.29 is 0 Å². The summed E-state index contributed by atoms with van der Waals surface area (Å²) >= 11 is 0. The molecule has 0 saturated carbocycles. The number of nitrogens with two attached hydrogens (primary N) is 1. The number of aromatic nitrogens is 1. The van der Waals surface area contributed by atoms with Crippen LogP contribution in [0.3, 0.4) is 0 Å². The number of benzene rings is 1. The van der Waals surface area contributed by atoms with E-state index in [-0.39, 0.29) is 0 Å². The summed E-state index contributed by atoms with van der Waals surface area (Å²) < 4.78 is 0. The zero-order chi connectivity index (χ0) is 12.8. The molecule has 3 heteroatoms. The second kappa shape index (κ2) is 6.24. The number of fused-ring (bicyclic) bond motifs is 1. The van der Waals surface area contributed by atoms with Crippen molar-refractivity contribution in [2.75, 3.05) is 17.6 Å². The van der Waals surface area contributed by atoms with E-state index in [1.54, 1.807) is 6.20 Å². The van der Waals surface area contributed by atoms with Crippen molar-refractivity contribution in [3.05, 3.63) is 30.6 Å². The van der Waals surface area contributed by atoms with Crippen LogP contribution in [0.4, 0.5) is 11.4 Å². The Bertz CT molecular complexity index is 508. The molecule has 0 unspecified atom stereocenters. The van der Waals surface area contributed by atoms with E-state index in [1.165, 1.54) is 25.7 Å². The van der Waals surface area contributed by atoms with Crippen molar-refractivity contribution >= 4 is 22.1 Å². The molecule has 0 amide bonds. The summed E-state index contributed by atoms with van der Waals surface area (Å²) in [5.41, 5.74) is 7.90. The minimum Gasteiger partial charge on any atom is -0.398 e. The Morgan fingerprint density at radius 3 is 2.83 bits per heavy atom. The van der Waals surface area contributed by atoms with Crippen LogP contribution in [0.15, 0.2) is 30.6 Å². The van der Waals surface area contributed by atoms with Crippen molar-refractivity contribution in [2.45, 2.75) is 32.6 Å². The molecule has 18 heavy (non-hydrogen) atoms. The van der Waals surface area contributed by atoms with Crippen LogP contribution in [0.2, 0.25) is 0 Å². The fraction of sp³-hybridized carbons (Fsp3) is 0.400. The highest BCUT2D eigenvalue weighted by Gasteiger charge is 2.03. The quantitative estimate of drug-likeness (QED) is 0.599. The maximum absolute atomic E-state index is 5.96. The van der Waals surface area contributed by atoms with E-state index in [2.05, 4.69) is 17.2 Å². The van der Waals surface area contributed by atoms with Gasteiger partial charge in [-0.3, -0.25) is 4.98 Å². The highest BCUT2D eigenvalue weighted by molar-refractivity contribution is 6.00. The largest absolute Gasteiger partial charge is 0.398 e. The van der Waals surface area contributed by atoms with Crippen LogP contribution in [0.5, 0.6) is 0 Å². The highest BCUT2D eigenvalue weighted by Crippen LogP contribution is 2.27. The predicted molar refractivity (Wildman–Crippen MR) is 78.8 cm³/mol. The van der Waals surface area contributed by atoms with Gasteiger partial charge in [0.15, 0.2) is 0 Å². The van der Waals surface area contributed by atoms with Crippen molar-refractivity contribution in [3.8, 4) is 0 Å². The van der Waals surface area contributed by atoms with Crippen LogP contribution in [0, 0.1) is 0 Å². The molecule has 0 saturated heterocycles. The second-order valence-corrected chi connectivity index (χ2v) is 4.61. The van der Waals surface area contributed by atoms with Crippen molar-refractivity contribution in [3.63, 3.8) is 0 Å². The fourth-order valence-corrected chi connectivity index (χ4v) is 2.14. The number of hydrogen-bond acceptors (Lipinski definition) is 3. The van der Waals surface area contributed by atoms with Gasteiger partial charge in [-0.05, 0) is 24.6 Å². The maximum Gasteiger partial charge on any atom is 0.0437 e. The summed E-state index contributed by atoms with van der Waals surface area (Å²) in [5.74, 6) is 0. The zero-order valence-corrected chi connectivity index (χ0v) is 10.9. The monoisotopic (exact) mass is 243 g/mol. The van der Waals surface area contributed by atoms with Gasteiger partial charge in [-0.2, -0.15) is 0 Å². The Balaban J connectivity index is 2.07. The molecule has 3 N–H and O–H groups in total. The molecule has 1 aromatic carbocycles. The molecule has 0 spiro atoms. The molecule has 96 valence electrons. The van der Waals surface area contributed by atoms with Gasteiger partial charge in [-0.15, -0.1) is 0 Å². The highest BCUT2D eigenvalue weighted by atomic mass is 14.9. The summed E-state index contributed by atoms with van der Waals surface area (Å²) in [6, 6.07) is 5.96. The van der Waals surface area contributed by atoms with Gasteiger partial charge in [0, 0.05) is 41.1 Å². The van der Waals surface area contributed by atoms with Gasteiger partial charge in [0.05, 0.1) is 0 Å². The Labute approximate surface area is 108 Å². The summed E-state index contributed by atoms with van der Waals surface area (Å²) in [6.45, 7) is 3.24. The smallest absolute Gasteiger partial charge is 0.0437 e. The summed E-state index contributed by atoms with van der Waals surface area (Å²) in [4.78, 5) is 4.18. The third kappa shape index (κ3) is 2.92. The van der Waals surface area contributed by atoms with Crippen LogP contribution in [-0.4, -0.2) is 11.5 Å². The number of nitrogens with one attached hydrogen (secondary N) is 1. The average molecular weight is 243 g/mol. The number of rotatable bonds is 6. The predicted octanol–water partition coefficient (Wildman–Crippen LogP) is 3.81. The Kier molecular flexibility index (Phi) is 4.40. The molecule has 2 aromatic rings. The van der Waals surface area contributed by atoms with Gasteiger partial charge in [-0.25, -0.2) is 0 Å². The first kappa shape index (κ1) is 12.7. The Hall–Kier alpha value is -1.77. The van der Waals surface area contributed by atoms with Gasteiger partial charge in [0.1, 0.15) is 0 Å². The molecular formula is C15H21N3. The number of nitrogen functional groups attached to an aromatic ring is 1. The van der Waals surface area contributed by atoms with Crippen LogP contribution in [0.1, 0.15) is 32.6 Å². The molecule has 2 rings (SSSR count). The molecule has 0 aliphatic rings. The molecule has 0 bridgehead atoms. The molecule has 1 aromatic heterocycles. The van der Waals surface area contributed by atoms with E-state index in [4.69, 9.17) is 5.73 Å². The van der Waals surface area contributed by atoms with Crippen LogP contribution in [-0.2, 0) is 0 Å². The van der Waals surface area contributed by atoms with E-state index in [0.717, 1.165) is 28.7 Å². The van der Waals surface area contributed by atoms with Crippen LogP contribution < -0.4 is 11.1 Å². The fourth-order valence-electron chi connectivity index (χ4n) is 2.14. The summed E-state index contributed by atoms with van der Waals surface area (Å²) in [5, 5.41) is 5.66. The molecular weight excluding hydrogens is 222 g/mol. The molecule has 0 atom stereocenters. The first-order valence-electron chi connectivity index (χ1n) is 6.69. The lowest BCUT2D eigenvalue weighted by Gasteiger charge is -2.10. The average Bonchev–Trinajstić information content (AvgIpc) is 2.41. The van der Waals surface area contributed by atoms with Crippen molar-refractivity contribution in [1.29, 1.82) is 0 Å². The Morgan fingerprint density at radius 1 is 1.11 bits per heavy atom.